The first-order valence-corrected chi connectivity index (χ1v) is 8.35. The van der Waals surface area contributed by atoms with Gasteiger partial charge in [0, 0.05) is 30.9 Å². The molecule has 0 fully saturated rings. The summed E-state index contributed by atoms with van der Waals surface area (Å²) in [4.78, 5) is 2.50. The molecule has 0 bridgehead atoms. The summed E-state index contributed by atoms with van der Waals surface area (Å²) >= 11 is 0. The topological polar surface area (TPSA) is 15.3 Å². The van der Waals surface area contributed by atoms with E-state index in [1.165, 1.54) is 18.5 Å². The predicted octanol–water partition coefficient (Wildman–Crippen LogP) is 4.71. The van der Waals surface area contributed by atoms with Crippen LogP contribution in [0.25, 0.3) is 0 Å². The molecular weight excluding hydrogens is 256 g/mol. The summed E-state index contributed by atoms with van der Waals surface area (Å²) in [5.74, 6) is 0. The molecule has 0 aliphatic heterocycles. The molecule has 0 heterocycles. The van der Waals surface area contributed by atoms with Gasteiger partial charge < -0.3 is 10.2 Å². The summed E-state index contributed by atoms with van der Waals surface area (Å²) in [6.07, 6.45) is 2.48. The fraction of sp³-hybridized carbons (Fsp3) is 0.684. The van der Waals surface area contributed by atoms with E-state index in [0.29, 0.717) is 5.41 Å². The standard InChI is InChI=1S/C19H34N2/c1-7-14-19(6,15-20-18(3,4)5)16-21(8-2)17-12-10-9-11-13-17/h9-13,20H,7-8,14-16H2,1-6H3. The molecular formula is C19H34N2. The number of nitrogens with one attached hydrogen (secondary N) is 1. The van der Waals surface area contributed by atoms with E-state index in [2.05, 4.69) is 82.1 Å². The van der Waals surface area contributed by atoms with Gasteiger partial charge in [-0.25, -0.2) is 0 Å². The molecule has 0 aliphatic rings. The van der Waals surface area contributed by atoms with Gasteiger partial charge in [-0.15, -0.1) is 0 Å². The molecule has 1 aromatic rings. The van der Waals surface area contributed by atoms with Gasteiger partial charge in [-0.05, 0) is 51.7 Å². The molecule has 0 spiro atoms. The third-order valence-electron chi connectivity index (χ3n) is 3.97. The largest absolute Gasteiger partial charge is 0.371 e. The lowest BCUT2D eigenvalue weighted by molar-refractivity contribution is 0.249. The molecule has 0 aliphatic carbocycles. The van der Waals surface area contributed by atoms with Crippen LogP contribution in [0.3, 0.4) is 0 Å². The number of benzene rings is 1. The molecule has 0 saturated carbocycles. The molecule has 0 radical (unpaired) electrons. The van der Waals surface area contributed by atoms with E-state index in [9.17, 15) is 0 Å². The van der Waals surface area contributed by atoms with E-state index >= 15 is 0 Å². The van der Waals surface area contributed by atoms with Crippen molar-refractivity contribution in [3.63, 3.8) is 0 Å². The van der Waals surface area contributed by atoms with Crippen LogP contribution in [-0.2, 0) is 0 Å². The van der Waals surface area contributed by atoms with E-state index in [4.69, 9.17) is 0 Å². The first kappa shape index (κ1) is 18.0. The molecule has 0 amide bonds. The van der Waals surface area contributed by atoms with E-state index in [1.54, 1.807) is 0 Å². The number of para-hydroxylation sites is 1. The van der Waals surface area contributed by atoms with Crippen LogP contribution in [0.5, 0.6) is 0 Å². The summed E-state index contributed by atoms with van der Waals surface area (Å²) in [6, 6.07) is 10.8. The SMILES string of the molecule is CCCC(C)(CNC(C)(C)C)CN(CC)c1ccccc1. The number of rotatable bonds is 8. The van der Waals surface area contributed by atoms with Crippen molar-refractivity contribution in [2.45, 2.75) is 59.9 Å². The van der Waals surface area contributed by atoms with Crippen molar-refractivity contribution in [1.29, 1.82) is 0 Å². The zero-order valence-corrected chi connectivity index (χ0v) is 14.9. The summed E-state index contributed by atoms with van der Waals surface area (Å²) in [7, 11) is 0. The average molecular weight is 290 g/mol. The van der Waals surface area contributed by atoms with Crippen LogP contribution in [0.2, 0.25) is 0 Å². The van der Waals surface area contributed by atoms with Crippen LogP contribution in [0.4, 0.5) is 5.69 Å². The fourth-order valence-electron chi connectivity index (χ4n) is 2.79. The van der Waals surface area contributed by atoms with Gasteiger partial charge in [0.2, 0.25) is 0 Å². The van der Waals surface area contributed by atoms with Crippen molar-refractivity contribution in [1.82, 2.24) is 5.32 Å². The van der Waals surface area contributed by atoms with Crippen LogP contribution in [0.1, 0.15) is 54.4 Å². The first-order valence-electron chi connectivity index (χ1n) is 8.35. The molecule has 0 saturated heterocycles. The number of nitrogens with zero attached hydrogens (tertiary/aromatic N) is 1. The van der Waals surface area contributed by atoms with Crippen molar-refractivity contribution >= 4 is 5.69 Å². The predicted molar refractivity (Wildman–Crippen MR) is 95.1 cm³/mol. The number of hydrogen-bond acceptors (Lipinski definition) is 2. The number of hydrogen-bond donors (Lipinski definition) is 1. The second kappa shape index (κ2) is 7.84. The maximum atomic E-state index is 3.70. The second-order valence-electron chi connectivity index (χ2n) is 7.51. The lowest BCUT2D eigenvalue weighted by Crippen LogP contribution is -2.47. The molecule has 1 N–H and O–H groups in total. The Labute approximate surface area is 131 Å². The van der Waals surface area contributed by atoms with Gasteiger partial charge in [0.15, 0.2) is 0 Å². The van der Waals surface area contributed by atoms with Crippen molar-refractivity contribution in [3.05, 3.63) is 30.3 Å². The maximum absolute atomic E-state index is 3.70. The fourth-order valence-corrected chi connectivity index (χ4v) is 2.79. The van der Waals surface area contributed by atoms with Crippen LogP contribution in [0, 0.1) is 5.41 Å². The Balaban J connectivity index is 2.79. The zero-order chi connectivity index (χ0) is 15.9. The normalized spacial score (nSPS) is 14.8. The molecule has 2 nitrogen and oxygen atoms in total. The molecule has 1 unspecified atom stereocenters. The zero-order valence-electron chi connectivity index (χ0n) is 14.9. The van der Waals surface area contributed by atoms with Crippen LogP contribution in [-0.4, -0.2) is 25.2 Å². The highest BCUT2D eigenvalue weighted by molar-refractivity contribution is 5.46. The highest BCUT2D eigenvalue weighted by atomic mass is 15.1. The van der Waals surface area contributed by atoms with Crippen molar-refractivity contribution < 1.29 is 0 Å². The van der Waals surface area contributed by atoms with Gasteiger partial charge in [0.25, 0.3) is 0 Å². The van der Waals surface area contributed by atoms with Crippen molar-refractivity contribution in [2.24, 2.45) is 5.41 Å². The van der Waals surface area contributed by atoms with Gasteiger partial charge in [-0.3, -0.25) is 0 Å². The van der Waals surface area contributed by atoms with E-state index in [0.717, 1.165) is 19.6 Å². The highest BCUT2D eigenvalue weighted by Gasteiger charge is 2.27. The Morgan fingerprint density at radius 1 is 1.00 bits per heavy atom. The average Bonchev–Trinajstić information content (AvgIpc) is 2.43. The minimum absolute atomic E-state index is 0.179. The molecule has 1 rings (SSSR count). The van der Waals surface area contributed by atoms with Gasteiger partial charge in [0.05, 0.1) is 0 Å². The molecule has 0 aromatic heterocycles. The molecule has 120 valence electrons. The second-order valence-corrected chi connectivity index (χ2v) is 7.51. The molecule has 1 aromatic carbocycles. The molecule has 2 heteroatoms. The minimum Gasteiger partial charge on any atom is -0.371 e. The summed E-state index contributed by atoms with van der Waals surface area (Å²) in [5.41, 5.74) is 1.81. The third kappa shape index (κ3) is 6.52. The van der Waals surface area contributed by atoms with Crippen molar-refractivity contribution in [3.8, 4) is 0 Å². The third-order valence-corrected chi connectivity index (χ3v) is 3.97. The maximum Gasteiger partial charge on any atom is 0.0366 e. The van der Waals surface area contributed by atoms with Gasteiger partial charge in [-0.2, -0.15) is 0 Å². The summed E-state index contributed by atoms with van der Waals surface area (Å²) in [5, 5.41) is 3.70. The van der Waals surface area contributed by atoms with Crippen LogP contribution in [0.15, 0.2) is 30.3 Å². The van der Waals surface area contributed by atoms with Crippen molar-refractivity contribution in [2.75, 3.05) is 24.5 Å². The Hall–Kier alpha value is -1.02. The first-order chi connectivity index (χ1) is 9.79. The van der Waals surface area contributed by atoms with Gasteiger partial charge >= 0.3 is 0 Å². The monoisotopic (exact) mass is 290 g/mol. The Morgan fingerprint density at radius 3 is 2.10 bits per heavy atom. The Bertz CT molecular complexity index is 394. The highest BCUT2D eigenvalue weighted by Crippen LogP contribution is 2.27. The summed E-state index contributed by atoms with van der Waals surface area (Å²) in [6.45, 7) is 16.9. The van der Waals surface area contributed by atoms with Crippen LogP contribution < -0.4 is 10.2 Å². The lowest BCUT2D eigenvalue weighted by Gasteiger charge is -2.38. The molecule has 21 heavy (non-hydrogen) atoms. The Morgan fingerprint density at radius 2 is 1.62 bits per heavy atom. The van der Waals surface area contributed by atoms with E-state index in [1.807, 2.05) is 0 Å². The Kier molecular flexibility index (Phi) is 6.73. The van der Waals surface area contributed by atoms with Gasteiger partial charge in [0.1, 0.15) is 0 Å². The number of anilines is 1. The van der Waals surface area contributed by atoms with E-state index in [-0.39, 0.29) is 5.54 Å². The summed E-state index contributed by atoms with van der Waals surface area (Å²) < 4.78 is 0. The quantitative estimate of drug-likeness (QED) is 0.746. The molecule has 1 atom stereocenters. The van der Waals surface area contributed by atoms with Crippen LogP contribution >= 0.6 is 0 Å². The van der Waals surface area contributed by atoms with E-state index < -0.39 is 0 Å². The van der Waals surface area contributed by atoms with Gasteiger partial charge in [-0.1, -0.05) is 38.5 Å². The lowest BCUT2D eigenvalue weighted by atomic mass is 9.84. The smallest absolute Gasteiger partial charge is 0.0366 e. The minimum atomic E-state index is 0.179.